The molecule has 4 rings (SSSR count). The molecule has 11 heteroatoms. The molecular formula is C20H25F2N9. The zero-order valence-corrected chi connectivity index (χ0v) is 17.4. The summed E-state index contributed by atoms with van der Waals surface area (Å²) < 4.78 is 29.8. The number of guanidine groups is 1. The van der Waals surface area contributed by atoms with Crippen LogP contribution in [-0.2, 0) is 7.05 Å². The second-order valence-electron chi connectivity index (χ2n) is 7.30. The van der Waals surface area contributed by atoms with Crippen LogP contribution in [0.4, 0.5) is 20.3 Å². The van der Waals surface area contributed by atoms with Gasteiger partial charge in [-0.1, -0.05) is 6.07 Å². The number of aryl methyl sites for hydroxylation is 1. The monoisotopic (exact) mass is 429 g/mol. The number of rotatable bonds is 6. The molecule has 0 saturated carbocycles. The SMILES string of the molecule is CN=C(NCCNc1ncnc2c1cnn2C)NC1CCN(c2c(F)cccc2F)C1. The van der Waals surface area contributed by atoms with Crippen LogP contribution in [0.1, 0.15) is 6.42 Å². The van der Waals surface area contributed by atoms with Crippen LogP contribution in [0.25, 0.3) is 11.0 Å². The van der Waals surface area contributed by atoms with Crippen LogP contribution in [0, 0.1) is 11.6 Å². The second-order valence-corrected chi connectivity index (χ2v) is 7.30. The molecule has 1 saturated heterocycles. The van der Waals surface area contributed by atoms with E-state index in [0.717, 1.165) is 23.3 Å². The van der Waals surface area contributed by atoms with Gasteiger partial charge in [0.15, 0.2) is 11.6 Å². The van der Waals surface area contributed by atoms with E-state index in [9.17, 15) is 8.78 Å². The minimum atomic E-state index is -0.540. The van der Waals surface area contributed by atoms with Crippen molar-refractivity contribution in [3.8, 4) is 0 Å². The van der Waals surface area contributed by atoms with Crippen molar-refractivity contribution in [3.63, 3.8) is 0 Å². The highest BCUT2D eigenvalue weighted by Crippen LogP contribution is 2.26. The summed E-state index contributed by atoms with van der Waals surface area (Å²) in [4.78, 5) is 14.5. The lowest BCUT2D eigenvalue weighted by Gasteiger charge is -2.21. The average molecular weight is 429 g/mol. The van der Waals surface area contributed by atoms with Crippen LogP contribution in [0.5, 0.6) is 0 Å². The fourth-order valence-electron chi connectivity index (χ4n) is 3.73. The summed E-state index contributed by atoms with van der Waals surface area (Å²) in [7, 11) is 3.52. The van der Waals surface area contributed by atoms with Gasteiger partial charge in [-0.3, -0.25) is 9.67 Å². The molecule has 3 heterocycles. The number of hydrogen-bond donors (Lipinski definition) is 3. The van der Waals surface area contributed by atoms with Crippen LogP contribution in [0.3, 0.4) is 0 Å². The number of nitrogens with one attached hydrogen (secondary N) is 3. The van der Waals surface area contributed by atoms with E-state index in [1.165, 1.54) is 24.5 Å². The molecule has 0 amide bonds. The highest BCUT2D eigenvalue weighted by atomic mass is 19.1. The number of hydrogen-bond acceptors (Lipinski definition) is 6. The van der Waals surface area contributed by atoms with E-state index in [2.05, 4.69) is 36.0 Å². The maximum Gasteiger partial charge on any atom is 0.191 e. The van der Waals surface area contributed by atoms with Gasteiger partial charge in [-0.15, -0.1) is 0 Å². The van der Waals surface area contributed by atoms with Crippen molar-refractivity contribution in [1.29, 1.82) is 0 Å². The lowest BCUT2D eigenvalue weighted by molar-refractivity contribution is 0.576. The molecule has 0 bridgehead atoms. The third-order valence-corrected chi connectivity index (χ3v) is 5.25. The normalized spacial score (nSPS) is 16.7. The topological polar surface area (TPSA) is 95.3 Å². The number of aliphatic imine (C=N–C) groups is 1. The van der Waals surface area contributed by atoms with Gasteiger partial charge >= 0.3 is 0 Å². The molecule has 1 unspecified atom stereocenters. The lowest BCUT2D eigenvalue weighted by atomic mass is 10.2. The second kappa shape index (κ2) is 9.11. The van der Waals surface area contributed by atoms with E-state index in [-0.39, 0.29) is 11.7 Å². The Labute approximate surface area is 178 Å². The molecule has 2 aromatic heterocycles. The zero-order chi connectivity index (χ0) is 21.8. The first-order valence-corrected chi connectivity index (χ1v) is 10.1. The third kappa shape index (κ3) is 4.49. The van der Waals surface area contributed by atoms with Crippen LogP contribution in [0.2, 0.25) is 0 Å². The smallest absolute Gasteiger partial charge is 0.191 e. The van der Waals surface area contributed by atoms with E-state index >= 15 is 0 Å². The number of fused-ring (bicyclic) bond motifs is 1. The summed E-state index contributed by atoms with van der Waals surface area (Å²) in [5.41, 5.74) is 0.797. The predicted octanol–water partition coefficient (Wildman–Crippen LogP) is 1.50. The van der Waals surface area contributed by atoms with E-state index in [4.69, 9.17) is 0 Å². The molecule has 1 aromatic carbocycles. The van der Waals surface area contributed by atoms with Crippen molar-refractivity contribution >= 4 is 28.5 Å². The fraction of sp³-hybridized carbons (Fsp3) is 0.400. The number of nitrogens with zero attached hydrogens (tertiary/aromatic N) is 6. The first-order chi connectivity index (χ1) is 15.1. The van der Waals surface area contributed by atoms with Crippen molar-refractivity contribution in [2.75, 3.05) is 43.4 Å². The first kappa shape index (κ1) is 20.8. The molecular weight excluding hydrogens is 404 g/mol. The molecule has 0 radical (unpaired) electrons. The summed E-state index contributed by atoms with van der Waals surface area (Å²) in [6, 6.07) is 3.98. The maximum absolute atomic E-state index is 14.0. The molecule has 0 spiro atoms. The minimum absolute atomic E-state index is 0.0329. The Morgan fingerprint density at radius 2 is 2.03 bits per heavy atom. The van der Waals surface area contributed by atoms with E-state index in [0.29, 0.717) is 32.1 Å². The van der Waals surface area contributed by atoms with Crippen molar-refractivity contribution in [2.24, 2.45) is 12.0 Å². The lowest BCUT2D eigenvalue weighted by Crippen LogP contribution is -2.45. The molecule has 31 heavy (non-hydrogen) atoms. The Hall–Kier alpha value is -3.50. The number of benzene rings is 1. The minimum Gasteiger partial charge on any atom is -0.368 e. The van der Waals surface area contributed by atoms with Gasteiger partial charge in [0.25, 0.3) is 0 Å². The Balaban J connectivity index is 1.27. The molecule has 9 nitrogen and oxygen atoms in total. The summed E-state index contributed by atoms with van der Waals surface area (Å²) in [5, 5.41) is 14.9. The Bertz CT molecular complexity index is 1060. The van der Waals surface area contributed by atoms with Crippen LogP contribution in [0.15, 0.2) is 35.7 Å². The summed E-state index contributed by atoms with van der Waals surface area (Å²) >= 11 is 0. The van der Waals surface area contributed by atoms with Gasteiger partial charge in [-0.2, -0.15) is 5.10 Å². The fourth-order valence-corrected chi connectivity index (χ4v) is 3.73. The average Bonchev–Trinajstić information content (AvgIpc) is 3.37. The van der Waals surface area contributed by atoms with Gasteiger partial charge in [-0.05, 0) is 18.6 Å². The van der Waals surface area contributed by atoms with E-state index in [1.54, 1.807) is 22.8 Å². The molecule has 1 aliphatic heterocycles. The van der Waals surface area contributed by atoms with Gasteiger partial charge in [0.2, 0.25) is 0 Å². The number of para-hydroxylation sites is 1. The van der Waals surface area contributed by atoms with Crippen LogP contribution in [-0.4, -0.2) is 65.0 Å². The summed E-state index contributed by atoms with van der Waals surface area (Å²) in [5.74, 6) is 0.279. The molecule has 1 fully saturated rings. The van der Waals surface area contributed by atoms with Crippen molar-refractivity contribution in [2.45, 2.75) is 12.5 Å². The van der Waals surface area contributed by atoms with Gasteiger partial charge in [0.1, 0.15) is 29.5 Å². The number of aromatic nitrogens is 4. The molecule has 0 aliphatic carbocycles. The Morgan fingerprint density at radius 3 is 2.81 bits per heavy atom. The highest BCUT2D eigenvalue weighted by molar-refractivity contribution is 5.86. The maximum atomic E-state index is 14.0. The molecule has 3 N–H and O–H groups in total. The van der Waals surface area contributed by atoms with E-state index < -0.39 is 11.6 Å². The predicted molar refractivity (Wildman–Crippen MR) is 116 cm³/mol. The molecule has 164 valence electrons. The largest absolute Gasteiger partial charge is 0.368 e. The molecule has 3 aromatic rings. The standard InChI is InChI=1S/C20H25F2N9/c1-23-20(25-8-7-24-18-14-10-28-30(2)19(14)27-12-26-18)29-13-6-9-31(11-13)17-15(21)4-3-5-16(17)22/h3-5,10,12-13H,6-9,11H2,1-2H3,(H2,23,25,29)(H,24,26,27). The highest BCUT2D eigenvalue weighted by Gasteiger charge is 2.27. The number of anilines is 2. The van der Waals surface area contributed by atoms with Crippen molar-refractivity contribution in [3.05, 3.63) is 42.4 Å². The first-order valence-electron chi connectivity index (χ1n) is 10.1. The third-order valence-electron chi connectivity index (χ3n) is 5.25. The van der Waals surface area contributed by atoms with Crippen LogP contribution < -0.4 is 20.9 Å². The van der Waals surface area contributed by atoms with Crippen molar-refractivity contribution in [1.82, 2.24) is 30.4 Å². The quantitative estimate of drug-likeness (QED) is 0.311. The zero-order valence-electron chi connectivity index (χ0n) is 17.4. The molecule has 1 atom stereocenters. The van der Waals surface area contributed by atoms with Gasteiger partial charge in [0, 0.05) is 46.3 Å². The Kier molecular flexibility index (Phi) is 6.10. The van der Waals surface area contributed by atoms with Gasteiger partial charge in [-0.25, -0.2) is 18.7 Å². The van der Waals surface area contributed by atoms with Crippen molar-refractivity contribution < 1.29 is 8.78 Å². The molecule has 1 aliphatic rings. The van der Waals surface area contributed by atoms with Gasteiger partial charge in [0.05, 0.1) is 11.6 Å². The summed E-state index contributed by atoms with van der Waals surface area (Å²) in [6.45, 7) is 2.28. The van der Waals surface area contributed by atoms with Crippen LogP contribution >= 0.6 is 0 Å². The Morgan fingerprint density at radius 1 is 1.23 bits per heavy atom. The van der Waals surface area contributed by atoms with E-state index in [1.807, 2.05) is 7.05 Å². The number of halogens is 2. The summed E-state index contributed by atoms with van der Waals surface area (Å²) in [6.07, 6.45) is 3.99. The van der Waals surface area contributed by atoms with Gasteiger partial charge < -0.3 is 20.9 Å².